The number of halogens is 6. The van der Waals surface area contributed by atoms with Crippen molar-refractivity contribution >= 4 is 19.2 Å². The molecule has 2 atom stereocenters. The zero-order valence-corrected chi connectivity index (χ0v) is 14.5. The quantitative estimate of drug-likeness (QED) is 0.529. The van der Waals surface area contributed by atoms with Crippen LogP contribution in [0, 0.1) is 0 Å². The molecule has 1 rings (SSSR count). The molecule has 1 aromatic rings. The molecule has 0 spiro atoms. The second-order valence-electron chi connectivity index (χ2n) is 5.44. The van der Waals surface area contributed by atoms with Gasteiger partial charge in [0.2, 0.25) is 0 Å². The summed E-state index contributed by atoms with van der Waals surface area (Å²) in [6.45, 7) is 3.10. The van der Waals surface area contributed by atoms with E-state index in [-0.39, 0.29) is 6.07 Å². The first-order valence-corrected chi connectivity index (χ1v) is 9.00. The van der Waals surface area contributed by atoms with Crippen molar-refractivity contribution in [3.8, 4) is 0 Å². The van der Waals surface area contributed by atoms with Crippen molar-refractivity contribution in [2.24, 2.45) is 0 Å². The highest BCUT2D eigenvalue weighted by Crippen LogP contribution is 2.49. The van der Waals surface area contributed by atoms with E-state index in [0.717, 1.165) is 12.1 Å². The van der Waals surface area contributed by atoms with Crippen LogP contribution >= 0.6 is 7.60 Å². The maximum absolute atomic E-state index is 13.2. The van der Waals surface area contributed by atoms with Crippen molar-refractivity contribution in [1.29, 1.82) is 0 Å². The summed E-state index contributed by atoms with van der Waals surface area (Å²) in [7, 11) is -4.42. The largest absolute Gasteiger partial charge is 0.471 e. The molecule has 0 aliphatic carbocycles. The fourth-order valence-corrected chi connectivity index (χ4v) is 3.36. The molecule has 0 bridgehead atoms. The molecule has 5 nitrogen and oxygen atoms in total. The molecule has 0 saturated heterocycles. The average Bonchev–Trinajstić information content (AvgIpc) is 2.45. The minimum absolute atomic E-state index is 0.266. The van der Waals surface area contributed by atoms with Crippen LogP contribution in [-0.4, -0.2) is 23.1 Å². The van der Waals surface area contributed by atoms with E-state index in [4.69, 9.17) is 4.52 Å². The third kappa shape index (κ3) is 6.62. The number of benzene rings is 1. The van der Waals surface area contributed by atoms with E-state index in [1.165, 1.54) is 12.2 Å². The maximum Gasteiger partial charge on any atom is 0.471 e. The van der Waals surface area contributed by atoms with Crippen LogP contribution < -0.4 is 5.32 Å². The van der Waals surface area contributed by atoms with E-state index < -0.39 is 54.9 Å². The Morgan fingerprint density at radius 3 is 2.31 bits per heavy atom. The average molecular weight is 407 g/mol. The van der Waals surface area contributed by atoms with Crippen LogP contribution in [0.5, 0.6) is 0 Å². The normalized spacial score (nSPS) is 16.0. The molecule has 0 aromatic heterocycles. The Balaban J connectivity index is 3.18. The fourth-order valence-electron chi connectivity index (χ4n) is 1.87. The Morgan fingerprint density at radius 2 is 1.85 bits per heavy atom. The summed E-state index contributed by atoms with van der Waals surface area (Å²) in [5.41, 5.74) is -2.84. The molecule has 1 amide bonds. The zero-order chi connectivity index (χ0) is 20.3. The molecular formula is C14H16F6NO4P. The van der Waals surface area contributed by atoms with Gasteiger partial charge in [-0.1, -0.05) is 13.0 Å². The summed E-state index contributed by atoms with van der Waals surface area (Å²) in [4.78, 5) is 20.6. The second-order valence-corrected chi connectivity index (χ2v) is 7.24. The molecule has 12 heteroatoms. The molecule has 0 aliphatic rings. The van der Waals surface area contributed by atoms with Gasteiger partial charge in [0.25, 0.3) is 0 Å². The maximum atomic E-state index is 13.2. The predicted octanol–water partition coefficient (Wildman–Crippen LogP) is 4.71. The minimum atomic E-state index is -5.28. The molecule has 0 radical (unpaired) electrons. The predicted molar refractivity (Wildman–Crippen MR) is 80.5 cm³/mol. The summed E-state index contributed by atoms with van der Waals surface area (Å²) in [5.74, 6) is -2.44. The number of amides is 1. The van der Waals surface area contributed by atoms with Crippen molar-refractivity contribution in [3.63, 3.8) is 0 Å². The molecule has 0 aliphatic heterocycles. The van der Waals surface area contributed by atoms with Crippen LogP contribution in [0.3, 0.4) is 0 Å². The Hall–Kier alpha value is -1.58. The van der Waals surface area contributed by atoms with Gasteiger partial charge in [0.1, 0.15) is 0 Å². The van der Waals surface area contributed by atoms with Gasteiger partial charge in [0.15, 0.2) is 0 Å². The van der Waals surface area contributed by atoms with Crippen molar-refractivity contribution in [2.45, 2.75) is 44.9 Å². The Morgan fingerprint density at radius 1 is 1.27 bits per heavy atom. The molecule has 0 saturated carbocycles. The fraction of sp³-hybridized carbons (Fsp3) is 0.500. The first-order chi connectivity index (χ1) is 11.7. The van der Waals surface area contributed by atoms with Gasteiger partial charge in [0.05, 0.1) is 17.8 Å². The number of nitrogens with one attached hydrogen (secondary N) is 1. The minimum Gasteiger partial charge on any atom is -0.324 e. The first-order valence-electron chi connectivity index (χ1n) is 7.24. The molecule has 148 valence electrons. The van der Waals surface area contributed by atoms with Gasteiger partial charge in [-0.3, -0.25) is 9.36 Å². The smallest absolute Gasteiger partial charge is 0.324 e. The Labute approximate surface area is 144 Å². The second kappa shape index (κ2) is 7.98. The highest BCUT2D eigenvalue weighted by Gasteiger charge is 2.40. The summed E-state index contributed by atoms with van der Waals surface area (Å²) in [6.07, 6.45) is -11.6. The van der Waals surface area contributed by atoms with Gasteiger partial charge in [-0.05, 0) is 31.0 Å². The van der Waals surface area contributed by atoms with Crippen LogP contribution in [0.1, 0.15) is 31.4 Å². The van der Waals surface area contributed by atoms with Crippen molar-refractivity contribution < 1.29 is 45.1 Å². The number of hydrogen-bond donors (Lipinski definition) is 2. The highest BCUT2D eigenvalue weighted by molar-refractivity contribution is 7.52. The molecule has 2 N–H and O–H groups in total. The standard InChI is InChI=1S/C14H16F6NO4P/c1-3-8(2)25-26(23,24)7-9-4-5-10(6-11(9)13(15,16)17)21-12(22)14(18,19)20/h4-6,8H,3,7H2,1-2H3,(H,21,22)(H,23,24). The van der Waals surface area contributed by atoms with Crippen LogP contribution in [0.15, 0.2) is 18.2 Å². The van der Waals surface area contributed by atoms with E-state index in [9.17, 15) is 40.6 Å². The molecule has 2 unspecified atom stereocenters. The topological polar surface area (TPSA) is 75.6 Å². The molecule has 0 heterocycles. The Bertz CT molecular complexity index is 704. The zero-order valence-electron chi connectivity index (χ0n) is 13.6. The highest BCUT2D eigenvalue weighted by atomic mass is 31.2. The molecule has 26 heavy (non-hydrogen) atoms. The summed E-state index contributed by atoms with van der Waals surface area (Å²) in [5, 5.41) is 1.30. The number of rotatable bonds is 6. The number of hydrogen-bond acceptors (Lipinski definition) is 3. The number of carbonyl (C=O) groups excluding carboxylic acids is 1. The van der Waals surface area contributed by atoms with Crippen molar-refractivity contribution in [2.75, 3.05) is 5.32 Å². The number of alkyl halides is 6. The third-order valence-electron chi connectivity index (χ3n) is 3.22. The summed E-state index contributed by atoms with van der Waals surface area (Å²) < 4.78 is 92.9. The van der Waals surface area contributed by atoms with Crippen molar-refractivity contribution in [3.05, 3.63) is 29.3 Å². The van der Waals surface area contributed by atoms with E-state index in [1.807, 2.05) is 0 Å². The van der Waals surface area contributed by atoms with Gasteiger partial charge >= 0.3 is 25.9 Å². The van der Waals surface area contributed by atoms with Crippen molar-refractivity contribution in [1.82, 2.24) is 0 Å². The van der Waals surface area contributed by atoms with E-state index in [2.05, 4.69) is 0 Å². The lowest BCUT2D eigenvalue weighted by Gasteiger charge is -2.20. The van der Waals surface area contributed by atoms with Gasteiger partial charge in [-0.15, -0.1) is 0 Å². The van der Waals surface area contributed by atoms with Crippen LogP contribution in [-0.2, 0) is 26.2 Å². The summed E-state index contributed by atoms with van der Waals surface area (Å²) in [6, 6.07) is 1.76. The third-order valence-corrected chi connectivity index (χ3v) is 4.65. The first kappa shape index (κ1) is 22.5. The number of anilines is 1. The van der Waals surface area contributed by atoms with E-state index in [1.54, 1.807) is 6.92 Å². The monoisotopic (exact) mass is 407 g/mol. The van der Waals surface area contributed by atoms with E-state index >= 15 is 0 Å². The van der Waals surface area contributed by atoms with Crippen LogP contribution in [0.2, 0.25) is 0 Å². The molecule has 0 fully saturated rings. The lowest BCUT2D eigenvalue weighted by molar-refractivity contribution is -0.167. The molecule has 1 aromatic carbocycles. The summed E-state index contributed by atoms with van der Waals surface area (Å²) >= 11 is 0. The van der Waals surface area contributed by atoms with Gasteiger partial charge < -0.3 is 14.7 Å². The lowest BCUT2D eigenvalue weighted by Crippen LogP contribution is -2.30. The van der Waals surface area contributed by atoms with Crippen LogP contribution in [0.4, 0.5) is 32.0 Å². The Kier molecular flexibility index (Phi) is 6.89. The lowest BCUT2D eigenvalue weighted by atomic mass is 10.1. The number of carbonyl (C=O) groups is 1. The molecular weight excluding hydrogens is 391 g/mol. The van der Waals surface area contributed by atoms with Gasteiger partial charge in [-0.25, -0.2) is 0 Å². The van der Waals surface area contributed by atoms with Crippen LogP contribution in [0.25, 0.3) is 0 Å². The van der Waals surface area contributed by atoms with Gasteiger partial charge in [0, 0.05) is 5.69 Å². The SMILES string of the molecule is CCC(C)OP(=O)(O)Cc1ccc(NC(=O)C(F)(F)F)cc1C(F)(F)F. The van der Waals surface area contributed by atoms with Gasteiger partial charge in [-0.2, -0.15) is 26.3 Å². The van der Waals surface area contributed by atoms with E-state index in [0.29, 0.717) is 6.42 Å².